The van der Waals surface area contributed by atoms with Crippen molar-refractivity contribution in [2.75, 3.05) is 13.2 Å². The summed E-state index contributed by atoms with van der Waals surface area (Å²) in [4.78, 5) is 0. The van der Waals surface area contributed by atoms with E-state index in [1.165, 1.54) is 0 Å². The van der Waals surface area contributed by atoms with Crippen molar-refractivity contribution in [2.24, 2.45) is 5.73 Å². The van der Waals surface area contributed by atoms with E-state index >= 15 is 0 Å². The van der Waals surface area contributed by atoms with Crippen LogP contribution in [0.25, 0.3) is 0 Å². The predicted molar refractivity (Wildman–Crippen MR) is 64.9 cm³/mol. The normalized spacial score (nSPS) is 14.7. The van der Waals surface area contributed by atoms with E-state index in [1.54, 1.807) is 0 Å². The lowest BCUT2D eigenvalue weighted by molar-refractivity contribution is -0.205. The predicted octanol–water partition coefficient (Wildman–Crippen LogP) is 2.00. The Hall–Kier alpha value is -0.900. The highest BCUT2D eigenvalue weighted by Gasteiger charge is 2.27. The second-order valence-electron chi connectivity index (χ2n) is 3.91. The van der Waals surface area contributed by atoms with Crippen LogP contribution in [0.3, 0.4) is 0 Å². The Kier molecular flexibility index (Phi) is 5.46. The highest BCUT2D eigenvalue weighted by Crippen LogP contribution is 2.21. The number of aliphatic hydroxyl groups is 1. The summed E-state index contributed by atoms with van der Waals surface area (Å²) in [6.07, 6.45) is 3.19. The third kappa shape index (κ3) is 3.59. The van der Waals surface area contributed by atoms with Crippen LogP contribution in [0.15, 0.2) is 30.3 Å². The summed E-state index contributed by atoms with van der Waals surface area (Å²) in [6.45, 7) is 2.74. The lowest BCUT2D eigenvalue weighted by Crippen LogP contribution is -2.38. The first-order valence-electron chi connectivity index (χ1n) is 5.85. The minimum atomic E-state index is -1.34. The Morgan fingerprint density at radius 1 is 1.25 bits per heavy atom. The number of benzene rings is 1. The molecule has 1 atom stereocenters. The molecular weight excluding hydrogens is 202 g/mol. The zero-order chi connectivity index (χ0) is 11.9. The fraction of sp³-hybridized carbons (Fsp3) is 0.538. The summed E-state index contributed by atoms with van der Waals surface area (Å²) in [5, 5.41) is 10.2. The monoisotopic (exact) mass is 223 g/mol. The van der Waals surface area contributed by atoms with Crippen molar-refractivity contribution in [1.82, 2.24) is 0 Å². The van der Waals surface area contributed by atoms with Gasteiger partial charge >= 0.3 is 0 Å². The van der Waals surface area contributed by atoms with Gasteiger partial charge in [0.2, 0.25) is 5.79 Å². The molecule has 0 radical (unpaired) electrons. The third-order valence-corrected chi connectivity index (χ3v) is 2.59. The first-order chi connectivity index (χ1) is 7.73. The number of unbranched alkanes of at least 4 members (excludes halogenated alkanes) is 2. The van der Waals surface area contributed by atoms with Crippen LogP contribution < -0.4 is 5.73 Å². The summed E-state index contributed by atoms with van der Waals surface area (Å²) in [5.74, 6) is -1.34. The molecule has 90 valence electrons. The Bertz CT molecular complexity index is 289. The first-order valence-corrected chi connectivity index (χ1v) is 5.85. The topological polar surface area (TPSA) is 55.5 Å². The van der Waals surface area contributed by atoms with Gasteiger partial charge < -0.3 is 15.6 Å². The molecule has 1 aromatic rings. The molecular formula is C13H21NO2. The van der Waals surface area contributed by atoms with Gasteiger partial charge in [0, 0.05) is 5.56 Å². The summed E-state index contributed by atoms with van der Waals surface area (Å²) in [6, 6.07) is 9.29. The van der Waals surface area contributed by atoms with Gasteiger partial charge in [0.15, 0.2) is 0 Å². The van der Waals surface area contributed by atoms with Gasteiger partial charge in [-0.1, -0.05) is 50.1 Å². The molecule has 0 aliphatic rings. The minimum Gasteiger partial charge on any atom is -0.361 e. The molecule has 3 heteroatoms. The minimum absolute atomic E-state index is 0.0726. The van der Waals surface area contributed by atoms with Crippen molar-refractivity contribution in [2.45, 2.75) is 32.0 Å². The molecule has 0 aromatic heterocycles. The third-order valence-electron chi connectivity index (χ3n) is 2.59. The molecule has 0 heterocycles. The highest BCUT2D eigenvalue weighted by molar-refractivity contribution is 5.20. The molecule has 3 nitrogen and oxygen atoms in total. The molecule has 0 aliphatic heterocycles. The molecule has 1 aromatic carbocycles. The van der Waals surface area contributed by atoms with Crippen LogP contribution in [0.5, 0.6) is 0 Å². The number of hydrogen-bond acceptors (Lipinski definition) is 3. The molecule has 0 saturated carbocycles. The number of ether oxygens (including phenoxy) is 1. The van der Waals surface area contributed by atoms with Crippen LogP contribution in [0, 0.1) is 0 Å². The van der Waals surface area contributed by atoms with Crippen molar-refractivity contribution in [3.63, 3.8) is 0 Å². The van der Waals surface area contributed by atoms with Crippen LogP contribution in [0.2, 0.25) is 0 Å². The maximum atomic E-state index is 10.2. The lowest BCUT2D eigenvalue weighted by Gasteiger charge is -2.27. The smallest absolute Gasteiger partial charge is 0.205 e. The Balaban J connectivity index is 2.56. The average Bonchev–Trinajstić information content (AvgIpc) is 2.35. The van der Waals surface area contributed by atoms with Crippen LogP contribution >= 0.6 is 0 Å². The van der Waals surface area contributed by atoms with Gasteiger partial charge in [-0.05, 0) is 6.42 Å². The Morgan fingerprint density at radius 2 is 1.94 bits per heavy atom. The molecule has 0 bridgehead atoms. The molecule has 0 spiro atoms. The summed E-state index contributed by atoms with van der Waals surface area (Å²) < 4.78 is 5.50. The fourth-order valence-corrected chi connectivity index (χ4v) is 1.55. The van der Waals surface area contributed by atoms with E-state index < -0.39 is 5.79 Å². The fourth-order valence-electron chi connectivity index (χ4n) is 1.55. The van der Waals surface area contributed by atoms with E-state index in [2.05, 4.69) is 6.92 Å². The van der Waals surface area contributed by atoms with Gasteiger partial charge in [0.05, 0.1) is 13.2 Å². The first kappa shape index (κ1) is 13.2. The number of nitrogens with two attached hydrogens (primary N) is 1. The molecule has 3 N–H and O–H groups in total. The van der Waals surface area contributed by atoms with Crippen LogP contribution in [0.4, 0.5) is 0 Å². The summed E-state index contributed by atoms with van der Waals surface area (Å²) in [5.41, 5.74) is 6.30. The Morgan fingerprint density at radius 3 is 2.50 bits per heavy atom. The quantitative estimate of drug-likeness (QED) is 0.549. The average molecular weight is 223 g/mol. The van der Waals surface area contributed by atoms with Crippen molar-refractivity contribution in [3.05, 3.63) is 35.9 Å². The zero-order valence-corrected chi connectivity index (χ0v) is 9.86. The van der Waals surface area contributed by atoms with Crippen LogP contribution in [-0.4, -0.2) is 18.3 Å². The van der Waals surface area contributed by atoms with Crippen LogP contribution in [0.1, 0.15) is 31.7 Å². The van der Waals surface area contributed by atoms with Crippen molar-refractivity contribution in [1.29, 1.82) is 0 Å². The van der Waals surface area contributed by atoms with Crippen molar-refractivity contribution < 1.29 is 9.84 Å². The Labute approximate surface area is 97.2 Å². The highest BCUT2D eigenvalue weighted by atomic mass is 16.6. The molecule has 0 fully saturated rings. The molecule has 1 rings (SSSR count). The number of rotatable bonds is 7. The van der Waals surface area contributed by atoms with E-state index in [0.717, 1.165) is 19.3 Å². The summed E-state index contributed by atoms with van der Waals surface area (Å²) in [7, 11) is 0. The van der Waals surface area contributed by atoms with E-state index in [1.807, 2.05) is 30.3 Å². The second kappa shape index (κ2) is 6.63. The van der Waals surface area contributed by atoms with Crippen LogP contribution in [-0.2, 0) is 10.5 Å². The van der Waals surface area contributed by atoms with Gasteiger partial charge in [0.25, 0.3) is 0 Å². The van der Waals surface area contributed by atoms with Crippen molar-refractivity contribution in [3.8, 4) is 0 Å². The molecule has 0 saturated heterocycles. The van der Waals surface area contributed by atoms with Gasteiger partial charge in [0.1, 0.15) is 0 Å². The SMILES string of the molecule is CCCCCOC(O)(CN)c1ccccc1. The second-order valence-corrected chi connectivity index (χ2v) is 3.91. The van der Waals surface area contributed by atoms with Gasteiger partial charge in [-0.25, -0.2) is 0 Å². The number of hydrogen-bond donors (Lipinski definition) is 2. The van der Waals surface area contributed by atoms with E-state index in [4.69, 9.17) is 10.5 Å². The summed E-state index contributed by atoms with van der Waals surface area (Å²) >= 11 is 0. The molecule has 0 aliphatic carbocycles. The molecule has 1 unspecified atom stereocenters. The zero-order valence-electron chi connectivity index (χ0n) is 9.86. The van der Waals surface area contributed by atoms with E-state index in [-0.39, 0.29) is 6.54 Å². The molecule has 16 heavy (non-hydrogen) atoms. The largest absolute Gasteiger partial charge is 0.361 e. The van der Waals surface area contributed by atoms with E-state index in [0.29, 0.717) is 12.2 Å². The van der Waals surface area contributed by atoms with Gasteiger partial charge in [-0.15, -0.1) is 0 Å². The standard InChI is InChI=1S/C13H21NO2/c1-2-3-7-10-16-13(15,11-14)12-8-5-4-6-9-12/h4-6,8-9,15H,2-3,7,10-11,14H2,1H3. The molecule has 0 amide bonds. The van der Waals surface area contributed by atoms with E-state index in [9.17, 15) is 5.11 Å². The van der Waals surface area contributed by atoms with Crippen molar-refractivity contribution >= 4 is 0 Å². The lowest BCUT2D eigenvalue weighted by atomic mass is 10.1. The van der Waals surface area contributed by atoms with Gasteiger partial charge in [-0.2, -0.15) is 0 Å². The maximum Gasteiger partial charge on any atom is 0.205 e. The maximum absolute atomic E-state index is 10.2. The van der Waals surface area contributed by atoms with Gasteiger partial charge in [-0.3, -0.25) is 0 Å².